The number of nitriles is 1. The van der Waals surface area contributed by atoms with Gasteiger partial charge in [-0.15, -0.1) is 4.68 Å². The summed E-state index contributed by atoms with van der Waals surface area (Å²) in [6, 6.07) is 9.27. The third kappa shape index (κ3) is 2.94. The number of rotatable bonds is 5. The Morgan fingerprint density at radius 1 is 1.33 bits per heavy atom. The molecule has 0 radical (unpaired) electrons. The van der Waals surface area contributed by atoms with E-state index < -0.39 is 22.2 Å². The van der Waals surface area contributed by atoms with Crippen LogP contribution in [0.25, 0.3) is 11.0 Å². The van der Waals surface area contributed by atoms with Crippen LogP contribution >= 0.6 is 11.6 Å². The average molecular weight is 387 g/mol. The molecule has 0 N–H and O–H groups in total. The van der Waals surface area contributed by atoms with Crippen LogP contribution in [0.1, 0.15) is 31.2 Å². The molecule has 138 valence electrons. The lowest BCUT2D eigenvalue weighted by molar-refractivity contribution is -0.391. The van der Waals surface area contributed by atoms with Crippen LogP contribution < -0.4 is 5.56 Å². The molecule has 3 rings (SSSR count). The molecule has 0 saturated carbocycles. The molecule has 0 unspecified atom stereocenters. The summed E-state index contributed by atoms with van der Waals surface area (Å²) >= 11 is 6.18. The molecular formula is C17H15ClN6O3. The number of nitro groups is 1. The summed E-state index contributed by atoms with van der Waals surface area (Å²) in [5.74, 6) is -1.55. The zero-order valence-corrected chi connectivity index (χ0v) is 15.3. The van der Waals surface area contributed by atoms with Gasteiger partial charge >= 0.3 is 11.4 Å². The molecule has 2 heterocycles. The van der Waals surface area contributed by atoms with E-state index in [1.807, 2.05) is 25.1 Å². The highest BCUT2D eigenvalue weighted by Crippen LogP contribution is 2.34. The molecule has 0 bridgehead atoms. The Balaban J connectivity index is 2.36. The van der Waals surface area contributed by atoms with Gasteiger partial charge in [-0.25, -0.2) is 4.98 Å². The lowest BCUT2D eigenvalue weighted by Crippen LogP contribution is -2.27. The number of hydrogen-bond acceptors (Lipinski definition) is 6. The summed E-state index contributed by atoms with van der Waals surface area (Å²) in [5, 5.41) is 24.8. The van der Waals surface area contributed by atoms with E-state index in [0.717, 1.165) is 10.2 Å². The van der Waals surface area contributed by atoms with Gasteiger partial charge in [-0.2, -0.15) is 5.26 Å². The molecule has 0 aliphatic rings. The molecule has 0 spiro atoms. The largest absolute Gasteiger partial charge is 0.395 e. The van der Waals surface area contributed by atoms with Crippen LogP contribution in [0, 0.1) is 21.4 Å². The SMILES string of the molecule is CCn1nc([N+](=O)[O-])c([C@@H](C#N)c2nc3ccccc3n2CC)c(Cl)c1=O. The van der Waals surface area contributed by atoms with Gasteiger partial charge in [0.15, 0.2) is 0 Å². The molecule has 2 aromatic heterocycles. The summed E-state index contributed by atoms with van der Waals surface area (Å²) in [6.45, 7) is 4.09. The van der Waals surface area contributed by atoms with E-state index in [4.69, 9.17) is 11.6 Å². The maximum atomic E-state index is 12.4. The van der Waals surface area contributed by atoms with Gasteiger partial charge in [-0.3, -0.25) is 4.79 Å². The van der Waals surface area contributed by atoms with E-state index in [-0.39, 0.29) is 23.0 Å². The molecule has 3 aromatic rings. The summed E-state index contributed by atoms with van der Waals surface area (Å²) in [4.78, 5) is 27.7. The first kappa shape index (κ1) is 18.5. The maximum Gasteiger partial charge on any atom is 0.395 e. The third-order valence-electron chi connectivity index (χ3n) is 4.26. The zero-order valence-electron chi connectivity index (χ0n) is 14.6. The van der Waals surface area contributed by atoms with E-state index in [0.29, 0.717) is 12.1 Å². The minimum atomic E-state index is -1.21. The van der Waals surface area contributed by atoms with Gasteiger partial charge in [0.25, 0.3) is 0 Å². The van der Waals surface area contributed by atoms with Crippen LogP contribution in [0.4, 0.5) is 5.82 Å². The number of halogens is 1. The Labute approximate surface area is 158 Å². The molecule has 1 aromatic carbocycles. The fraction of sp³-hybridized carbons (Fsp3) is 0.294. The van der Waals surface area contributed by atoms with Gasteiger partial charge < -0.3 is 14.7 Å². The first-order chi connectivity index (χ1) is 12.9. The van der Waals surface area contributed by atoms with Crippen molar-refractivity contribution in [1.29, 1.82) is 5.26 Å². The number of benzene rings is 1. The lowest BCUT2D eigenvalue weighted by Gasteiger charge is -2.13. The predicted molar refractivity (Wildman–Crippen MR) is 98.7 cm³/mol. The van der Waals surface area contributed by atoms with Crippen molar-refractivity contribution in [3.05, 3.63) is 61.1 Å². The quantitative estimate of drug-likeness (QED) is 0.491. The topological polar surface area (TPSA) is 120 Å². The molecule has 0 saturated heterocycles. The molecule has 9 nitrogen and oxygen atoms in total. The summed E-state index contributed by atoms with van der Waals surface area (Å²) < 4.78 is 2.68. The highest BCUT2D eigenvalue weighted by molar-refractivity contribution is 6.31. The van der Waals surface area contributed by atoms with Crippen molar-refractivity contribution in [3.8, 4) is 6.07 Å². The van der Waals surface area contributed by atoms with E-state index in [1.54, 1.807) is 23.6 Å². The number of nitrogens with zero attached hydrogens (tertiary/aromatic N) is 6. The van der Waals surface area contributed by atoms with Crippen LogP contribution in [0.2, 0.25) is 5.02 Å². The van der Waals surface area contributed by atoms with Gasteiger partial charge in [-0.05, 0) is 30.9 Å². The van der Waals surface area contributed by atoms with Crippen molar-refractivity contribution in [2.75, 3.05) is 0 Å². The van der Waals surface area contributed by atoms with Crippen molar-refractivity contribution in [2.45, 2.75) is 32.9 Å². The Hall–Kier alpha value is -3.25. The normalized spacial score (nSPS) is 12.1. The first-order valence-corrected chi connectivity index (χ1v) is 8.62. The van der Waals surface area contributed by atoms with Gasteiger partial charge in [0.05, 0.1) is 28.7 Å². The Morgan fingerprint density at radius 2 is 2.04 bits per heavy atom. The predicted octanol–water partition coefficient (Wildman–Crippen LogP) is 2.85. The number of imidazole rings is 1. The van der Waals surface area contributed by atoms with Crippen LogP contribution in [0.5, 0.6) is 0 Å². The Kier molecular flexibility index (Phi) is 4.92. The van der Waals surface area contributed by atoms with Crippen molar-refractivity contribution in [2.24, 2.45) is 0 Å². The minimum Gasteiger partial charge on any atom is -0.358 e. The van der Waals surface area contributed by atoms with Crippen LogP contribution in [0.15, 0.2) is 29.1 Å². The van der Waals surface area contributed by atoms with E-state index in [1.165, 1.54) is 0 Å². The number of aromatic nitrogens is 4. The molecule has 27 heavy (non-hydrogen) atoms. The van der Waals surface area contributed by atoms with Crippen molar-refractivity contribution in [1.82, 2.24) is 19.3 Å². The summed E-state index contributed by atoms with van der Waals surface area (Å²) in [5.41, 5.74) is 0.509. The molecule has 1 atom stereocenters. The third-order valence-corrected chi connectivity index (χ3v) is 4.63. The Morgan fingerprint density at radius 3 is 2.63 bits per heavy atom. The molecule has 0 fully saturated rings. The highest BCUT2D eigenvalue weighted by Gasteiger charge is 2.34. The van der Waals surface area contributed by atoms with E-state index in [2.05, 4.69) is 10.1 Å². The highest BCUT2D eigenvalue weighted by atomic mass is 35.5. The summed E-state index contributed by atoms with van der Waals surface area (Å²) in [6.07, 6.45) is 0. The summed E-state index contributed by atoms with van der Waals surface area (Å²) in [7, 11) is 0. The fourth-order valence-electron chi connectivity index (χ4n) is 3.04. The van der Waals surface area contributed by atoms with Crippen LogP contribution in [-0.4, -0.2) is 24.3 Å². The number of para-hydroxylation sites is 2. The van der Waals surface area contributed by atoms with Crippen molar-refractivity contribution in [3.63, 3.8) is 0 Å². The van der Waals surface area contributed by atoms with E-state index in [9.17, 15) is 20.2 Å². The second kappa shape index (κ2) is 7.17. The molecule has 0 aliphatic carbocycles. The van der Waals surface area contributed by atoms with Gasteiger partial charge in [0, 0.05) is 6.54 Å². The molecule has 0 amide bonds. The minimum absolute atomic E-state index is 0.115. The standard InChI is InChI=1S/C17H15ClN6O3/c1-3-22-12-8-6-5-7-11(12)20-15(22)10(9-19)13-14(18)17(25)23(4-2)21-16(13)24(26)27/h5-8,10H,3-4H2,1-2H3/t10-/m1/s1. The van der Waals surface area contributed by atoms with Crippen molar-refractivity contribution >= 4 is 28.5 Å². The van der Waals surface area contributed by atoms with Crippen LogP contribution in [0.3, 0.4) is 0 Å². The Bertz CT molecular complexity index is 1140. The second-order valence-corrected chi connectivity index (χ2v) is 6.07. The number of aryl methyl sites for hydroxylation is 2. The van der Waals surface area contributed by atoms with Gasteiger partial charge in [-0.1, -0.05) is 23.7 Å². The molecular weight excluding hydrogens is 372 g/mol. The van der Waals surface area contributed by atoms with E-state index >= 15 is 0 Å². The molecule has 0 aliphatic heterocycles. The van der Waals surface area contributed by atoms with Crippen LogP contribution in [-0.2, 0) is 13.1 Å². The molecule has 10 heteroatoms. The fourth-order valence-corrected chi connectivity index (χ4v) is 3.33. The number of hydrogen-bond donors (Lipinski definition) is 0. The van der Waals surface area contributed by atoms with Gasteiger partial charge in [0.2, 0.25) is 0 Å². The zero-order chi connectivity index (χ0) is 19.7. The van der Waals surface area contributed by atoms with Gasteiger partial charge in [0.1, 0.15) is 22.3 Å². The average Bonchev–Trinajstić information content (AvgIpc) is 3.03. The van der Waals surface area contributed by atoms with Crippen molar-refractivity contribution < 1.29 is 4.92 Å². The maximum absolute atomic E-state index is 12.4. The lowest BCUT2D eigenvalue weighted by atomic mass is 10.0. The number of fused-ring (bicyclic) bond motifs is 1. The smallest absolute Gasteiger partial charge is 0.358 e. The second-order valence-electron chi connectivity index (χ2n) is 5.69. The monoisotopic (exact) mass is 386 g/mol. The first-order valence-electron chi connectivity index (χ1n) is 8.24.